The number of halogens is 1. The molecule has 116 valence electrons. The summed E-state index contributed by atoms with van der Waals surface area (Å²) >= 11 is 0. The van der Waals surface area contributed by atoms with Crippen LogP contribution >= 0.6 is 0 Å². The molecule has 0 saturated carbocycles. The summed E-state index contributed by atoms with van der Waals surface area (Å²) in [4.78, 5) is 6.56. The van der Waals surface area contributed by atoms with E-state index in [-0.39, 0.29) is 5.82 Å². The fraction of sp³-hybridized carbons (Fsp3) is 0.500. The van der Waals surface area contributed by atoms with E-state index in [2.05, 4.69) is 16.9 Å². The molecule has 2 saturated heterocycles. The third kappa shape index (κ3) is 2.13. The quantitative estimate of drug-likeness (QED) is 0.878. The van der Waals surface area contributed by atoms with E-state index < -0.39 is 5.60 Å². The SMILES string of the molecule is CN1C2CCCC1CC(O)(c1cc3cccnc3cc1F)C2. The monoisotopic (exact) mass is 300 g/mol. The van der Waals surface area contributed by atoms with Crippen LogP contribution in [0.15, 0.2) is 30.5 Å². The molecular weight excluding hydrogens is 279 g/mol. The maximum atomic E-state index is 14.6. The highest BCUT2D eigenvalue weighted by atomic mass is 19.1. The molecule has 0 radical (unpaired) electrons. The normalized spacial score (nSPS) is 32.3. The Morgan fingerprint density at radius 2 is 2.00 bits per heavy atom. The van der Waals surface area contributed by atoms with Crippen molar-refractivity contribution in [2.75, 3.05) is 7.05 Å². The first-order chi connectivity index (χ1) is 10.6. The summed E-state index contributed by atoms with van der Waals surface area (Å²) in [5.74, 6) is -0.337. The Bertz CT molecular complexity index is 703. The molecule has 2 aliphatic heterocycles. The smallest absolute Gasteiger partial charge is 0.131 e. The van der Waals surface area contributed by atoms with Gasteiger partial charge in [-0.05, 0) is 44.9 Å². The van der Waals surface area contributed by atoms with E-state index in [1.807, 2.05) is 12.1 Å². The van der Waals surface area contributed by atoms with E-state index in [1.165, 1.54) is 12.5 Å². The number of pyridine rings is 1. The van der Waals surface area contributed by atoms with Crippen LogP contribution < -0.4 is 0 Å². The van der Waals surface area contributed by atoms with Gasteiger partial charge in [-0.15, -0.1) is 0 Å². The Morgan fingerprint density at radius 3 is 2.73 bits per heavy atom. The van der Waals surface area contributed by atoms with E-state index >= 15 is 0 Å². The van der Waals surface area contributed by atoms with Crippen molar-refractivity contribution in [1.82, 2.24) is 9.88 Å². The van der Waals surface area contributed by atoms with Gasteiger partial charge in [0.1, 0.15) is 5.82 Å². The second kappa shape index (κ2) is 5.00. The van der Waals surface area contributed by atoms with Crippen LogP contribution in [0.25, 0.3) is 10.9 Å². The van der Waals surface area contributed by atoms with Gasteiger partial charge in [-0.2, -0.15) is 0 Å². The lowest BCUT2D eigenvalue weighted by atomic mass is 9.72. The lowest BCUT2D eigenvalue weighted by Gasteiger charge is -2.50. The first kappa shape index (κ1) is 14.1. The van der Waals surface area contributed by atoms with Gasteiger partial charge in [0.25, 0.3) is 0 Å². The van der Waals surface area contributed by atoms with Crippen molar-refractivity contribution in [2.24, 2.45) is 0 Å². The number of rotatable bonds is 1. The van der Waals surface area contributed by atoms with Crippen LogP contribution in [0.5, 0.6) is 0 Å². The number of hydrogen-bond donors (Lipinski definition) is 1. The molecule has 2 fully saturated rings. The predicted octanol–water partition coefficient (Wildman–Crippen LogP) is 3.21. The van der Waals surface area contributed by atoms with Gasteiger partial charge in [-0.3, -0.25) is 4.98 Å². The van der Waals surface area contributed by atoms with Crippen LogP contribution in [-0.4, -0.2) is 34.1 Å². The first-order valence-corrected chi connectivity index (χ1v) is 8.06. The zero-order chi connectivity index (χ0) is 15.3. The van der Waals surface area contributed by atoms with Gasteiger partial charge in [-0.25, -0.2) is 4.39 Å². The summed E-state index contributed by atoms with van der Waals surface area (Å²) in [5.41, 5.74) is 0.0228. The molecule has 1 aromatic carbocycles. The molecule has 2 unspecified atom stereocenters. The van der Waals surface area contributed by atoms with Crippen molar-refractivity contribution in [1.29, 1.82) is 0 Å². The molecule has 3 heterocycles. The molecule has 22 heavy (non-hydrogen) atoms. The highest BCUT2D eigenvalue weighted by Gasteiger charge is 2.46. The summed E-state index contributed by atoms with van der Waals surface area (Å²) in [6.07, 6.45) is 6.28. The lowest BCUT2D eigenvalue weighted by molar-refractivity contribution is -0.0890. The van der Waals surface area contributed by atoms with Crippen LogP contribution in [0, 0.1) is 5.82 Å². The Kier molecular flexibility index (Phi) is 3.20. The topological polar surface area (TPSA) is 36.4 Å². The fourth-order valence-electron chi connectivity index (χ4n) is 4.32. The summed E-state index contributed by atoms with van der Waals surface area (Å²) in [6.45, 7) is 0. The Morgan fingerprint density at radius 1 is 1.27 bits per heavy atom. The van der Waals surface area contributed by atoms with Gasteiger partial charge in [0.05, 0.1) is 11.1 Å². The Balaban J connectivity index is 1.79. The highest BCUT2D eigenvalue weighted by molar-refractivity contribution is 5.79. The van der Waals surface area contributed by atoms with Crippen molar-refractivity contribution in [3.05, 3.63) is 41.8 Å². The van der Waals surface area contributed by atoms with Gasteiger partial charge in [0.15, 0.2) is 0 Å². The van der Waals surface area contributed by atoms with Gasteiger partial charge < -0.3 is 10.0 Å². The maximum Gasteiger partial charge on any atom is 0.131 e. The largest absolute Gasteiger partial charge is 0.385 e. The molecule has 2 bridgehead atoms. The molecule has 0 aliphatic carbocycles. The van der Waals surface area contributed by atoms with E-state index in [9.17, 15) is 9.50 Å². The molecule has 0 spiro atoms. The predicted molar refractivity (Wildman–Crippen MR) is 84.0 cm³/mol. The minimum atomic E-state index is -1.06. The number of benzene rings is 1. The van der Waals surface area contributed by atoms with Gasteiger partial charge in [-0.1, -0.05) is 12.5 Å². The molecule has 2 atom stereocenters. The number of piperidine rings is 2. The van der Waals surface area contributed by atoms with E-state index in [0.717, 1.165) is 18.2 Å². The molecule has 2 aromatic rings. The second-order valence-corrected chi connectivity index (χ2v) is 6.87. The fourth-order valence-corrected chi connectivity index (χ4v) is 4.32. The van der Waals surface area contributed by atoms with Crippen molar-refractivity contribution in [3.8, 4) is 0 Å². The van der Waals surface area contributed by atoms with E-state index in [0.29, 0.717) is 36.0 Å². The molecular formula is C18H21FN2O. The van der Waals surface area contributed by atoms with Crippen molar-refractivity contribution in [2.45, 2.75) is 49.8 Å². The molecule has 1 N–H and O–H groups in total. The number of fused-ring (bicyclic) bond motifs is 3. The summed E-state index contributed by atoms with van der Waals surface area (Å²) < 4.78 is 14.6. The second-order valence-electron chi connectivity index (χ2n) is 6.87. The average Bonchev–Trinajstić information content (AvgIpc) is 2.48. The third-order valence-electron chi connectivity index (χ3n) is 5.57. The van der Waals surface area contributed by atoms with Gasteiger partial charge in [0, 0.05) is 35.3 Å². The molecule has 4 heteroatoms. The van der Waals surface area contributed by atoms with Gasteiger partial charge >= 0.3 is 0 Å². The van der Waals surface area contributed by atoms with Crippen molar-refractivity contribution in [3.63, 3.8) is 0 Å². The number of aliphatic hydroxyl groups is 1. The van der Waals surface area contributed by atoms with E-state index in [1.54, 1.807) is 12.3 Å². The number of hydrogen-bond acceptors (Lipinski definition) is 3. The summed E-state index contributed by atoms with van der Waals surface area (Å²) in [7, 11) is 2.13. The maximum absolute atomic E-state index is 14.6. The van der Waals surface area contributed by atoms with Crippen molar-refractivity contribution < 1.29 is 9.50 Å². The molecule has 4 rings (SSSR count). The molecule has 2 aliphatic rings. The van der Waals surface area contributed by atoms with E-state index in [4.69, 9.17) is 0 Å². The van der Waals surface area contributed by atoms with Crippen LogP contribution in [0.3, 0.4) is 0 Å². The zero-order valence-electron chi connectivity index (χ0n) is 12.8. The Labute approximate surface area is 129 Å². The van der Waals surface area contributed by atoms with Crippen LogP contribution in [-0.2, 0) is 5.60 Å². The minimum Gasteiger partial charge on any atom is -0.385 e. The van der Waals surface area contributed by atoms with Crippen LogP contribution in [0.2, 0.25) is 0 Å². The number of nitrogens with zero attached hydrogens (tertiary/aromatic N) is 2. The lowest BCUT2D eigenvalue weighted by Crippen LogP contribution is -2.55. The summed E-state index contributed by atoms with van der Waals surface area (Å²) in [5, 5.41) is 12.1. The highest BCUT2D eigenvalue weighted by Crippen LogP contribution is 2.44. The van der Waals surface area contributed by atoms with Crippen LogP contribution in [0.4, 0.5) is 4.39 Å². The van der Waals surface area contributed by atoms with Gasteiger partial charge in [0.2, 0.25) is 0 Å². The first-order valence-electron chi connectivity index (χ1n) is 8.06. The standard InChI is InChI=1S/C18H21FN2O/c1-21-13-5-2-6-14(21)11-18(22,10-13)15-8-12-4-3-7-20-17(12)9-16(15)19/h3-4,7-9,13-14,22H,2,5-6,10-11H2,1H3. The third-order valence-corrected chi connectivity index (χ3v) is 5.57. The zero-order valence-corrected chi connectivity index (χ0v) is 12.8. The summed E-state index contributed by atoms with van der Waals surface area (Å²) in [6, 6.07) is 7.71. The van der Waals surface area contributed by atoms with Crippen molar-refractivity contribution >= 4 is 10.9 Å². The Hall–Kier alpha value is -1.52. The molecule has 3 nitrogen and oxygen atoms in total. The number of aromatic nitrogens is 1. The minimum absolute atomic E-state index is 0.337. The average molecular weight is 300 g/mol. The molecule has 0 amide bonds. The molecule has 1 aromatic heterocycles. The van der Waals surface area contributed by atoms with Crippen LogP contribution in [0.1, 0.15) is 37.7 Å².